The molecule has 0 aromatic carbocycles. The lowest BCUT2D eigenvalue weighted by atomic mass is 10.0. The Bertz CT molecular complexity index is 430. The van der Waals surface area contributed by atoms with E-state index in [1.165, 1.54) is 4.31 Å². The van der Waals surface area contributed by atoms with E-state index in [9.17, 15) is 13.2 Å². The minimum Gasteiger partial charge on any atom is -0.466 e. The van der Waals surface area contributed by atoms with Gasteiger partial charge in [0.15, 0.2) is 0 Å². The van der Waals surface area contributed by atoms with Gasteiger partial charge in [-0.3, -0.25) is 4.79 Å². The van der Waals surface area contributed by atoms with Crippen molar-refractivity contribution in [1.29, 1.82) is 0 Å². The monoisotopic (exact) mass is 307 g/mol. The first kappa shape index (κ1) is 17.4. The summed E-state index contributed by atoms with van der Waals surface area (Å²) in [7, 11) is -3.60. The third-order valence-electron chi connectivity index (χ3n) is 3.05. The molecule has 0 aromatic rings. The van der Waals surface area contributed by atoms with Gasteiger partial charge in [-0.05, 0) is 33.6 Å². The van der Waals surface area contributed by atoms with Crippen LogP contribution in [-0.2, 0) is 19.7 Å². The predicted octanol–water partition coefficient (Wildman–Crippen LogP) is -0.167. The summed E-state index contributed by atoms with van der Waals surface area (Å²) < 4.78 is 33.1. The van der Waals surface area contributed by atoms with E-state index in [0.717, 1.165) is 0 Å². The summed E-state index contributed by atoms with van der Waals surface area (Å²) in [5.74, 6) is -0.710. The van der Waals surface area contributed by atoms with E-state index in [0.29, 0.717) is 26.0 Å². The maximum atomic E-state index is 12.2. The highest BCUT2D eigenvalue weighted by molar-refractivity contribution is 7.87. The van der Waals surface area contributed by atoms with Crippen LogP contribution >= 0.6 is 0 Å². The zero-order valence-electron chi connectivity index (χ0n) is 12.4. The van der Waals surface area contributed by atoms with Gasteiger partial charge in [0.05, 0.1) is 12.5 Å². The van der Waals surface area contributed by atoms with Crippen LogP contribution in [0, 0.1) is 5.92 Å². The van der Waals surface area contributed by atoms with Crippen molar-refractivity contribution in [3.63, 3.8) is 0 Å². The number of ether oxygens (including phenoxy) is 1. The quantitative estimate of drug-likeness (QED) is 0.664. The van der Waals surface area contributed by atoms with Crippen LogP contribution in [0.1, 0.15) is 33.6 Å². The van der Waals surface area contributed by atoms with E-state index in [1.54, 1.807) is 20.8 Å². The largest absolute Gasteiger partial charge is 0.466 e. The highest BCUT2D eigenvalue weighted by Gasteiger charge is 2.33. The van der Waals surface area contributed by atoms with Gasteiger partial charge >= 0.3 is 5.97 Å². The third kappa shape index (κ3) is 5.35. The number of rotatable bonds is 6. The first-order chi connectivity index (χ1) is 9.15. The van der Waals surface area contributed by atoms with Crippen LogP contribution in [0.2, 0.25) is 0 Å². The summed E-state index contributed by atoms with van der Waals surface area (Å²) in [5.41, 5.74) is 5.15. The number of nitrogens with zero attached hydrogens (tertiary/aromatic N) is 1. The van der Waals surface area contributed by atoms with Crippen molar-refractivity contribution in [2.45, 2.75) is 39.2 Å². The molecule has 0 saturated carbocycles. The molecule has 1 rings (SSSR count). The van der Waals surface area contributed by atoms with E-state index in [1.807, 2.05) is 0 Å². The Morgan fingerprint density at radius 2 is 2.15 bits per heavy atom. The van der Waals surface area contributed by atoms with Crippen LogP contribution in [0.4, 0.5) is 0 Å². The fraction of sp³-hybridized carbons (Fsp3) is 0.917. The molecule has 8 heteroatoms. The predicted molar refractivity (Wildman–Crippen MR) is 76.1 cm³/mol. The molecule has 1 heterocycles. The molecule has 0 amide bonds. The summed E-state index contributed by atoms with van der Waals surface area (Å²) in [6, 6.07) is 0. The van der Waals surface area contributed by atoms with Crippen LogP contribution in [-0.4, -0.2) is 50.5 Å². The van der Waals surface area contributed by atoms with Gasteiger partial charge in [-0.25, -0.2) is 4.72 Å². The lowest BCUT2D eigenvalue weighted by molar-refractivity contribution is -0.149. The SMILES string of the molecule is CCOC(=O)C1CCCN(S(=O)(=O)NCC(C)(C)N)C1. The molecule has 1 fully saturated rings. The minimum absolute atomic E-state index is 0.149. The molecule has 1 aliphatic rings. The zero-order chi connectivity index (χ0) is 15.4. The smallest absolute Gasteiger partial charge is 0.310 e. The fourth-order valence-electron chi connectivity index (χ4n) is 1.98. The maximum absolute atomic E-state index is 12.2. The molecule has 1 atom stereocenters. The van der Waals surface area contributed by atoms with Gasteiger partial charge in [0.2, 0.25) is 0 Å². The third-order valence-corrected chi connectivity index (χ3v) is 4.57. The van der Waals surface area contributed by atoms with E-state index in [2.05, 4.69) is 4.72 Å². The second kappa shape index (κ2) is 6.84. The fourth-order valence-corrected chi connectivity index (χ4v) is 3.46. The molecule has 118 valence electrons. The van der Waals surface area contributed by atoms with Crippen LogP contribution in [0.15, 0.2) is 0 Å². The number of carbonyl (C=O) groups excluding carboxylic acids is 1. The van der Waals surface area contributed by atoms with Crippen LogP contribution in [0.5, 0.6) is 0 Å². The number of nitrogens with two attached hydrogens (primary N) is 1. The first-order valence-electron chi connectivity index (χ1n) is 6.86. The van der Waals surface area contributed by atoms with E-state index >= 15 is 0 Å². The molecule has 0 radical (unpaired) electrons. The lowest BCUT2D eigenvalue weighted by Crippen LogP contribution is -2.52. The Morgan fingerprint density at radius 3 is 2.70 bits per heavy atom. The Kier molecular flexibility index (Phi) is 5.93. The highest BCUT2D eigenvalue weighted by Crippen LogP contribution is 2.20. The maximum Gasteiger partial charge on any atom is 0.310 e. The van der Waals surface area contributed by atoms with Crippen LogP contribution in [0.3, 0.4) is 0 Å². The number of carbonyl (C=O) groups is 1. The Labute approximate surface area is 121 Å². The molecule has 7 nitrogen and oxygen atoms in total. The van der Waals surface area contributed by atoms with E-state index in [4.69, 9.17) is 10.5 Å². The van der Waals surface area contributed by atoms with E-state index in [-0.39, 0.29) is 25.0 Å². The Morgan fingerprint density at radius 1 is 1.50 bits per heavy atom. The molecule has 0 aromatic heterocycles. The zero-order valence-corrected chi connectivity index (χ0v) is 13.2. The number of esters is 1. The molecule has 1 aliphatic heterocycles. The van der Waals surface area contributed by atoms with Gasteiger partial charge in [0.1, 0.15) is 0 Å². The van der Waals surface area contributed by atoms with Gasteiger partial charge in [-0.2, -0.15) is 12.7 Å². The standard InChI is InChI=1S/C12H25N3O4S/c1-4-19-11(16)10-6-5-7-15(8-10)20(17,18)14-9-12(2,3)13/h10,14H,4-9,13H2,1-3H3. The van der Waals surface area contributed by atoms with Gasteiger partial charge in [0, 0.05) is 25.2 Å². The lowest BCUT2D eigenvalue weighted by Gasteiger charge is -2.31. The highest BCUT2D eigenvalue weighted by atomic mass is 32.2. The molecule has 1 saturated heterocycles. The Balaban J connectivity index is 2.63. The normalized spacial score (nSPS) is 21.7. The summed E-state index contributed by atoms with van der Waals surface area (Å²) >= 11 is 0. The van der Waals surface area contributed by atoms with Crippen molar-refractivity contribution >= 4 is 16.2 Å². The molecular weight excluding hydrogens is 282 g/mol. The van der Waals surface area contributed by atoms with Crippen LogP contribution in [0.25, 0.3) is 0 Å². The average molecular weight is 307 g/mol. The van der Waals surface area contributed by atoms with Crippen molar-refractivity contribution in [1.82, 2.24) is 9.03 Å². The minimum atomic E-state index is -3.60. The van der Waals surface area contributed by atoms with Gasteiger partial charge in [-0.1, -0.05) is 0 Å². The van der Waals surface area contributed by atoms with Crippen molar-refractivity contribution in [2.75, 3.05) is 26.2 Å². The molecule has 3 N–H and O–H groups in total. The van der Waals surface area contributed by atoms with E-state index < -0.39 is 15.7 Å². The molecule has 0 spiro atoms. The van der Waals surface area contributed by atoms with Gasteiger partial charge in [-0.15, -0.1) is 0 Å². The molecule has 0 aliphatic carbocycles. The van der Waals surface area contributed by atoms with Gasteiger partial charge < -0.3 is 10.5 Å². The van der Waals surface area contributed by atoms with Crippen molar-refractivity contribution < 1.29 is 17.9 Å². The van der Waals surface area contributed by atoms with Crippen molar-refractivity contribution in [3.8, 4) is 0 Å². The number of hydrogen-bond acceptors (Lipinski definition) is 5. The topological polar surface area (TPSA) is 102 Å². The second-order valence-electron chi connectivity index (χ2n) is 5.76. The number of piperidine rings is 1. The summed E-state index contributed by atoms with van der Waals surface area (Å²) in [4.78, 5) is 11.7. The number of hydrogen-bond donors (Lipinski definition) is 2. The average Bonchev–Trinajstić information content (AvgIpc) is 2.36. The first-order valence-corrected chi connectivity index (χ1v) is 8.30. The molecular formula is C12H25N3O4S. The van der Waals surface area contributed by atoms with Crippen molar-refractivity contribution in [3.05, 3.63) is 0 Å². The Hall–Kier alpha value is -0.700. The summed E-state index contributed by atoms with van der Waals surface area (Å²) in [5, 5.41) is 0. The van der Waals surface area contributed by atoms with Crippen LogP contribution < -0.4 is 10.5 Å². The summed E-state index contributed by atoms with van der Waals surface area (Å²) in [6.45, 7) is 6.26. The second-order valence-corrected chi connectivity index (χ2v) is 7.52. The number of nitrogens with one attached hydrogen (secondary N) is 1. The van der Waals surface area contributed by atoms with Gasteiger partial charge in [0.25, 0.3) is 10.2 Å². The molecule has 20 heavy (non-hydrogen) atoms. The van der Waals surface area contributed by atoms with Crippen molar-refractivity contribution in [2.24, 2.45) is 11.7 Å². The molecule has 1 unspecified atom stereocenters. The molecule has 0 bridgehead atoms. The summed E-state index contributed by atoms with van der Waals surface area (Å²) in [6.07, 6.45) is 1.31.